The molecule has 0 aromatic carbocycles. The van der Waals surface area contributed by atoms with E-state index in [4.69, 9.17) is 10.8 Å². The number of anilines is 2. The van der Waals surface area contributed by atoms with E-state index >= 15 is 0 Å². The third-order valence-electron chi connectivity index (χ3n) is 5.68. The molecule has 0 spiro atoms. The lowest BCUT2D eigenvalue weighted by molar-refractivity contribution is 0.410. The van der Waals surface area contributed by atoms with Crippen molar-refractivity contribution in [3.8, 4) is 11.3 Å². The molecule has 2 aliphatic carbocycles. The van der Waals surface area contributed by atoms with Crippen molar-refractivity contribution in [3.63, 3.8) is 0 Å². The number of hydrogen-bond acceptors (Lipinski definition) is 7. The van der Waals surface area contributed by atoms with Crippen LogP contribution in [0.3, 0.4) is 0 Å². The Morgan fingerprint density at radius 2 is 1.75 bits per heavy atom. The zero-order valence-electron chi connectivity index (χ0n) is 15.9. The number of aromatic nitrogens is 5. The Morgan fingerprint density at radius 3 is 2.50 bits per heavy atom. The SMILES string of the molecule is NC1CCC(Nc2ccc3ncc(-c4cnc(NCC5CC5)nc4)n3n2)CC1. The molecule has 3 aromatic heterocycles. The van der Waals surface area contributed by atoms with Crippen LogP contribution in [0.25, 0.3) is 16.9 Å². The van der Waals surface area contributed by atoms with Gasteiger partial charge in [0.05, 0.1) is 11.9 Å². The van der Waals surface area contributed by atoms with E-state index in [1.807, 2.05) is 35.2 Å². The Bertz CT molecular complexity index is 938. The Kier molecular flexibility index (Phi) is 4.56. The number of nitrogens with zero attached hydrogens (tertiary/aromatic N) is 5. The van der Waals surface area contributed by atoms with Gasteiger partial charge in [0.15, 0.2) is 5.65 Å². The van der Waals surface area contributed by atoms with E-state index in [2.05, 4.69) is 25.6 Å². The fourth-order valence-electron chi connectivity index (χ4n) is 3.73. The van der Waals surface area contributed by atoms with Gasteiger partial charge in [-0.15, -0.1) is 5.10 Å². The van der Waals surface area contributed by atoms with Crippen LogP contribution in [0.15, 0.2) is 30.7 Å². The van der Waals surface area contributed by atoms with E-state index < -0.39 is 0 Å². The summed E-state index contributed by atoms with van der Waals surface area (Å²) in [6.07, 6.45) is 12.4. The molecule has 8 nitrogen and oxygen atoms in total. The number of fused-ring (bicyclic) bond motifs is 1. The fourth-order valence-corrected chi connectivity index (χ4v) is 3.73. The average molecular weight is 378 g/mol. The molecule has 3 aromatic rings. The number of imidazole rings is 1. The van der Waals surface area contributed by atoms with Crippen LogP contribution in [0.2, 0.25) is 0 Å². The number of nitrogens with two attached hydrogens (primary N) is 1. The van der Waals surface area contributed by atoms with Crippen LogP contribution in [0.5, 0.6) is 0 Å². The van der Waals surface area contributed by atoms with Crippen molar-refractivity contribution in [1.29, 1.82) is 0 Å². The third kappa shape index (κ3) is 3.77. The standard InChI is InChI=1S/C20H26N8/c21-15-3-5-16(6-4-15)26-18-7-8-19-22-12-17(28(19)27-18)14-10-24-20(25-11-14)23-9-13-1-2-13/h7-8,10-13,15-16H,1-6,9,21H2,(H,26,27)(H,23,24,25). The molecule has 0 unspecified atom stereocenters. The fraction of sp³-hybridized carbons (Fsp3) is 0.500. The lowest BCUT2D eigenvalue weighted by Gasteiger charge is -2.27. The van der Waals surface area contributed by atoms with E-state index in [1.54, 1.807) is 0 Å². The predicted molar refractivity (Wildman–Crippen MR) is 109 cm³/mol. The summed E-state index contributed by atoms with van der Waals surface area (Å²) in [6, 6.07) is 4.74. The quantitative estimate of drug-likeness (QED) is 0.605. The Morgan fingerprint density at radius 1 is 0.964 bits per heavy atom. The van der Waals surface area contributed by atoms with Crippen molar-refractivity contribution in [2.45, 2.75) is 50.6 Å². The molecule has 2 aliphatic rings. The molecule has 0 atom stereocenters. The van der Waals surface area contributed by atoms with Crippen LogP contribution in [0.4, 0.5) is 11.8 Å². The van der Waals surface area contributed by atoms with Crippen LogP contribution in [0.1, 0.15) is 38.5 Å². The molecule has 0 radical (unpaired) electrons. The molecule has 2 saturated carbocycles. The third-order valence-corrected chi connectivity index (χ3v) is 5.68. The summed E-state index contributed by atoms with van der Waals surface area (Å²) in [5, 5.41) is 11.6. The highest BCUT2D eigenvalue weighted by molar-refractivity contribution is 5.62. The molecule has 0 amide bonds. The maximum absolute atomic E-state index is 6.01. The van der Waals surface area contributed by atoms with Gasteiger partial charge in [-0.05, 0) is 56.6 Å². The topological polar surface area (TPSA) is 106 Å². The highest BCUT2D eigenvalue weighted by Gasteiger charge is 2.21. The van der Waals surface area contributed by atoms with Gasteiger partial charge in [0.2, 0.25) is 5.95 Å². The maximum Gasteiger partial charge on any atom is 0.222 e. The second kappa shape index (κ2) is 7.35. The minimum absolute atomic E-state index is 0.343. The van der Waals surface area contributed by atoms with Gasteiger partial charge >= 0.3 is 0 Å². The van der Waals surface area contributed by atoms with Crippen LogP contribution < -0.4 is 16.4 Å². The first-order chi connectivity index (χ1) is 13.7. The van der Waals surface area contributed by atoms with Gasteiger partial charge in [-0.2, -0.15) is 0 Å². The summed E-state index contributed by atoms with van der Waals surface area (Å²) in [6.45, 7) is 0.956. The maximum atomic E-state index is 6.01. The summed E-state index contributed by atoms with van der Waals surface area (Å²) in [5.41, 5.74) is 8.61. The van der Waals surface area contributed by atoms with E-state index in [-0.39, 0.29) is 0 Å². The Labute approximate surface area is 164 Å². The second-order valence-corrected chi connectivity index (χ2v) is 8.01. The van der Waals surface area contributed by atoms with Gasteiger partial charge in [-0.1, -0.05) is 0 Å². The van der Waals surface area contributed by atoms with Crippen molar-refractivity contribution < 1.29 is 0 Å². The number of nitrogens with one attached hydrogen (secondary N) is 2. The van der Waals surface area contributed by atoms with Crippen LogP contribution >= 0.6 is 0 Å². The summed E-state index contributed by atoms with van der Waals surface area (Å²) < 4.78 is 1.85. The first-order valence-electron chi connectivity index (χ1n) is 10.2. The van der Waals surface area contributed by atoms with Gasteiger partial charge in [-0.3, -0.25) is 0 Å². The van der Waals surface area contributed by atoms with Crippen molar-refractivity contribution >= 4 is 17.4 Å². The molecule has 0 aliphatic heterocycles. The zero-order chi connectivity index (χ0) is 18.9. The van der Waals surface area contributed by atoms with Crippen molar-refractivity contribution in [2.75, 3.05) is 17.2 Å². The van der Waals surface area contributed by atoms with E-state index in [0.717, 1.165) is 60.9 Å². The van der Waals surface area contributed by atoms with Gasteiger partial charge in [0.25, 0.3) is 0 Å². The van der Waals surface area contributed by atoms with E-state index in [0.29, 0.717) is 18.0 Å². The van der Waals surface area contributed by atoms with Gasteiger partial charge in [-0.25, -0.2) is 19.5 Å². The van der Waals surface area contributed by atoms with Crippen molar-refractivity contribution in [1.82, 2.24) is 24.6 Å². The minimum Gasteiger partial charge on any atom is -0.366 e. The summed E-state index contributed by atoms with van der Waals surface area (Å²) >= 11 is 0. The summed E-state index contributed by atoms with van der Waals surface area (Å²) in [5.74, 6) is 2.32. The molecule has 28 heavy (non-hydrogen) atoms. The van der Waals surface area contributed by atoms with Gasteiger partial charge in [0, 0.05) is 36.6 Å². The smallest absolute Gasteiger partial charge is 0.222 e. The summed E-state index contributed by atoms with van der Waals surface area (Å²) in [7, 11) is 0. The normalized spacial score (nSPS) is 22.3. The molecule has 8 heteroatoms. The monoisotopic (exact) mass is 378 g/mol. The minimum atomic E-state index is 0.343. The lowest BCUT2D eigenvalue weighted by Crippen LogP contribution is -2.33. The van der Waals surface area contributed by atoms with Crippen molar-refractivity contribution in [2.24, 2.45) is 11.7 Å². The molecule has 3 heterocycles. The number of rotatable bonds is 6. The van der Waals surface area contributed by atoms with E-state index in [1.165, 1.54) is 12.8 Å². The van der Waals surface area contributed by atoms with Crippen LogP contribution in [-0.4, -0.2) is 43.2 Å². The second-order valence-electron chi connectivity index (χ2n) is 8.01. The van der Waals surface area contributed by atoms with Crippen LogP contribution in [-0.2, 0) is 0 Å². The van der Waals surface area contributed by atoms with Crippen LogP contribution in [0, 0.1) is 5.92 Å². The molecule has 2 fully saturated rings. The lowest BCUT2D eigenvalue weighted by atomic mass is 9.92. The molecule has 0 bridgehead atoms. The zero-order valence-corrected chi connectivity index (χ0v) is 15.9. The average Bonchev–Trinajstić information content (AvgIpc) is 3.46. The van der Waals surface area contributed by atoms with Gasteiger partial charge < -0.3 is 16.4 Å². The highest BCUT2D eigenvalue weighted by Crippen LogP contribution is 2.28. The first kappa shape index (κ1) is 17.4. The largest absolute Gasteiger partial charge is 0.366 e. The molecule has 0 saturated heterocycles. The number of hydrogen-bond donors (Lipinski definition) is 3. The Balaban J connectivity index is 1.34. The molecule has 4 N–H and O–H groups in total. The molecular weight excluding hydrogens is 352 g/mol. The summed E-state index contributed by atoms with van der Waals surface area (Å²) in [4.78, 5) is 13.4. The van der Waals surface area contributed by atoms with E-state index in [9.17, 15) is 0 Å². The highest BCUT2D eigenvalue weighted by atomic mass is 15.3. The molecule has 146 valence electrons. The predicted octanol–water partition coefficient (Wildman–Crippen LogP) is 2.69. The first-order valence-corrected chi connectivity index (χ1v) is 10.2. The molecular formula is C20H26N8. The van der Waals surface area contributed by atoms with Crippen molar-refractivity contribution in [3.05, 3.63) is 30.7 Å². The van der Waals surface area contributed by atoms with Gasteiger partial charge in [0.1, 0.15) is 5.82 Å². The Hall–Kier alpha value is -2.74. The molecule has 5 rings (SSSR count).